The predicted molar refractivity (Wildman–Crippen MR) is 133 cm³/mol. The first-order valence-corrected chi connectivity index (χ1v) is 13.1. The number of hydrogen-bond donors (Lipinski definition) is 1. The van der Waals surface area contributed by atoms with Crippen LogP contribution in [0, 0.1) is 6.92 Å². The summed E-state index contributed by atoms with van der Waals surface area (Å²) in [6.45, 7) is 6.97. The third-order valence-electron chi connectivity index (χ3n) is 5.11. The molecule has 1 N–H and O–H groups in total. The van der Waals surface area contributed by atoms with Crippen LogP contribution in [0.4, 0.5) is 5.13 Å². The van der Waals surface area contributed by atoms with E-state index in [9.17, 15) is 13.2 Å². The molecule has 0 unspecified atom stereocenters. The summed E-state index contributed by atoms with van der Waals surface area (Å²) in [7, 11) is -2.00. The van der Waals surface area contributed by atoms with Crippen molar-refractivity contribution in [3.05, 3.63) is 59.0 Å². The quantitative estimate of drug-likeness (QED) is 0.425. The maximum absolute atomic E-state index is 12.7. The van der Waals surface area contributed by atoms with E-state index in [1.165, 1.54) is 39.9 Å². The topological polar surface area (TPSA) is 88.6 Å². The van der Waals surface area contributed by atoms with Gasteiger partial charge in [-0.1, -0.05) is 13.3 Å². The number of carbonyl (C=O) groups excluding carboxylic acids is 1. The van der Waals surface area contributed by atoms with Crippen LogP contribution in [0.3, 0.4) is 0 Å². The number of benzene rings is 2. The Balaban J connectivity index is 1.71. The molecule has 1 heterocycles. The summed E-state index contributed by atoms with van der Waals surface area (Å²) >= 11 is 1.39. The molecule has 0 fully saturated rings. The minimum absolute atomic E-state index is 0.167. The second kappa shape index (κ2) is 10.9. The number of ether oxygens (including phenoxy) is 1. The number of carbonyl (C=O) groups is 1. The molecule has 0 spiro atoms. The Bertz CT molecular complexity index is 1190. The fourth-order valence-corrected chi connectivity index (χ4v) is 5.26. The van der Waals surface area contributed by atoms with Crippen LogP contribution in [0.5, 0.6) is 5.75 Å². The molecule has 0 aliphatic rings. The molecule has 2 aromatic carbocycles. The van der Waals surface area contributed by atoms with E-state index in [2.05, 4.69) is 10.3 Å². The zero-order valence-corrected chi connectivity index (χ0v) is 20.9. The van der Waals surface area contributed by atoms with E-state index < -0.39 is 10.0 Å². The number of aryl methyl sites for hydroxylation is 1. The molecule has 0 aliphatic carbocycles. The van der Waals surface area contributed by atoms with Gasteiger partial charge in [0.1, 0.15) is 5.75 Å². The molecule has 3 aromatic rings. The Kier molecular flexibility index (Phi) is 8.23. The van der Waals surface area contributed by atoms with Gasteiger partial charge in [0.05, 0.1) is 17.2 Å². The summed E-state index contributed by atoms with van der Waals surface area (Å²) in [5.41, 5.74) is 2.10. The van der Waals surface area contributed by atoms with Crippen molar-refractivity contribution < 1.29 is 17.9 Å². The fourth-order valence-electron chi connectivity index (χ4n) is 3.22. The number of thiazole rings is 1. The lowest BCUT2D eigenvalue weighted by molar-refractivity contribution is 0.102. The Hall–Kier alpha value is -2.75. The van der Waals surface area contributed by atoms with Gasteiger partial charge in [0.15, 0.2) is 5.13 Å². The number of nitrogens with zero attached hydrogens (tertiary/aromatic N) is 2. The first-order valence-electron chi connectivity index (χ1n) is 10.8. The number of amides is 1. The van der Waals surface area contributed by atoms with Gasteiger partial charge in [0, 0.05) is 29.6 Å². The van der Waals surface area contributed by atoms with Crippen molar-refractivity contribution in [1.82, 2.24) is 9.29 Å². The first-order chi connectivity index (χ1) is 15.8. The average Bonchev–Trinajstić information content (AvgIpc) is 3.17. The Morgan fingerprint density at radius 1 is 1.09 bits per heavy atom. The van der Waals surface area contributed by atoms with Gasteiger partial charge < -0.3 is 4.74 Å². The van der Waals surface area contributed by atoms with Crippen molar-refractivity contribution in [1.29, 1.82) is 0 Å². The number of sulfonamides is 1. The molecule has 0 bridgehead atoms. The number of rotatable bonds is 10. The zero-order valence-electron chi connectivity index (χ0n) is 19.3. The molecule has 0 aliphatic heterocycles. The summed E-state index contributed by atoms with van der Waals surface area (Å²) in [5.74, 6) is 0.454. The van der Waals surface area contributed by atoms with Gasteiger partial charge in [-0.2, -0.15) is 0 Å². The summed E-state index contributed by atoms with van der Waals surface area (Å²) in [6.07, 6.45) is 1.71. The Morgan fingerprint density at radius 2 is 1.76 bits per heavy atom. The maximum atomic E-state index is 12.7. The second-order valence-electron chi connectivity index (χ2n) is 7.54. The molecule has 0 saturated heterocycles. The van der Waals surface area contributed by atoms with Crippen LogP contribution < -0.4 is 10.1 Å². The Labute approximate surface area is 199 Å². The highest BCUT2D eigenvalue weighted by atomic mass is 32.2. The highest BCUT2D eigenvalue weighted by molar-refractivity contribution is 7.89. The van der Waals surface area contributed by atoms with E-state index in [-0.39, 0.29) is 10.8 Å². The van der Waals surface area contributed by atoms with Gasteiger partial charge in [0.2, 0.25) is 10.0 Å². The van der Waals surface area contributed by atoms with Crippen molar-refractivity contribution in [2.45, 2.75) is 38.5 Å². The monoisotopic (exact) mass is 487 g/mol. The first kappa shape index (κ1) is 24.9. The summed E-state index contributed by atoms with van der Waals surface area (Å²) in [4.78, 5) is 18.4. The van der Waals surface area contributed by atoms with Gasteiger partial charge in [-0.3, -0.25) is 10.1 Å². The Morgan fingerprint density at radius 3 is 2.36 bits per heavy atom. The maximum Gasteiger partial charge on any atom is 0.257 e. The molecule has 1 amide bonds. The van der Waals surface area contributed by atoms with Crippen LogP contribution in [0.2, 0.25) is 0 Å². The molecule has 7 nitrogen and oxygen atoms in total. The summed E-state index contributed by atoms with van der Waals surface area (Å²) in [5, 5.41) is 3.30. The minimum Gasteiger partial charge on any atom is -0.494 e. The number of unbranched alkanes of at least 4 members (excludes halogenated alkanes) is 1. The van der Waals surface area contributed by atoms with E-state index >= 15 is 0 Å². The average molecular weight is 488 g/mol. The normalized spacial score (nSPS) is 11.5. The van der Waals surface area contributed by atoms with Crippen molar-refractivity contribution in [3.63, 3.8) is 0 Å². The van der Waals surface area contributed by atoms with Crippen molar-refractivity contribution in [3.8, 4) is 17.0 Å². The zero-order chi connectivity index (χ0) is 24.0. The SMILES string of the molecule is CCCCN(C)S(=O)(=O)c1ccc(C(=O)Nc2nc(-c3ccc(OCC)cc3)c(C)s2)cc1. The van der Waals surface area contributed by atoms with Crippen LogP contribution in [-0.4, -0.2) is 43.8 Å². The number of aromatic nitrogens is 1. The van der Waals surface area contributed by atoms with Crippen LogP contribution in [0.15, 0.2) is 53.4 Å². The molecule has 3 rings (SSSR count). The third kappa shape index (κ3) is 5.98. The van der Waals surface area contributed by atoms with Crippen molar-refractivity contribution in [2.24, 2.45) is 0 Å². The second-order valence-corrected chi connectivity index (χ2v) is 10.8. The molecule has 176 valence electrons. The van der Waals surface area contributed by atoms with Gasteiger partial charge in [-0.05, 0) is 68.8 Å². The standard InChI is InChI=1S/C24H29N3O4S2/c1-5-7-16-27(4)33(29,30)21-14-10-19(11-15-21)23(28)26-24-25-22(17(3)32-24)18-8-12-20(13-9-18)31-6-2/h8-15H,5-7,16H2,1-4H3,(H,25,26,28). The fraction of sp³-hybridized carbons (Fsp3) is 0.333. The molecule has 0 saturated carbocycles. The molecule has 0 radical (unpaired) electrons. The van der Waals surface area contributed by atoms with E-state index in [0.717, 1.165) is 34.7 Å². The number of hydrogen-bond acceptors (Lipinski definition) is 6. The lowest BCUT2D eigenvalue weighted by Crippen LogP contribution is -2.28. The molecule has 1 aromatic heterocycles. The lowest BCUT2D eigenvalue weighted by Gasteiger charge is -2.16. The number of nitrogens with one attached hydrogen (secondary N) is 1. The van der Waals surface area contributed by atoms with Crippen LogP contribution in [0.25, 0.3) is 11.3 Å². The minimum atomic E-state index is -3.57. The van der Waals surface area contributed by atoms with E-state index in [0.29, 0.717) is 23.8 Å². The molecular formula is C24H29N3O4S2. The van der Waals surface area contributed by atoms with Crippen LogP contribution in [0.1, 0.15) is 41.9 Å². The highest BCUT2D eigenvalue weighted by Gasteiger charge is 2.21. The van der Waals surface area contributed by atoms with E-state index in [4.69, 9.17) is 4.74 Å². The third-order valence-corrected chi connectivity index (χ3v) is 7.86. The van der Waals surface area contributed by atoms with Gasteiger partial charge in [-0.25, -0.2) is 17.7 Å². The number of anilines is 1. The summed E-state index contributed by atoms with van der Waals surface area (Å²) in [6, 6.07) is 13.6. The summed E-state index contributed by atoms with van der Waals surface area (Å²) < 4.78 is 32.1. The van der Waals surface area contributed by atoms with E-state index in [1.54, 1.807) is 7.05 Å². The van der Waals surface area contributed by atoms with Gasteiger partial charge in [-0.15, -0.1) is 11.3 Å². The predicted octanol–water partition coefficient (Wildman–Crippen LogP) is 5.19. The van der Waals surface area contributed by atoms with Gasteiger partial charge >= 0.3 is 0 Å². The lowest BCUT2D eigenvalue weighted by atomic mass is 10.1. The highest BCUT2D eigenvalue weighted by Crippen LogP contribution is 2.31. The largest absolute Gasteiger partial charge is 0.494 e. The molecule has 0 atom stereocenters. The van der Waals surface area contributed by atoms with E-state index in [1.807, 2.05) is 45.0 Å². The van der Waals surface area contributed by atoms with Crippen molar-refractivity contribution >= 4 is 32.4 Å². The molecular weight excluding hydrogens is 458 g/mol. The smallest absolute Gasteiger partial charge is 0.257 e. The van der Waals surface area contributed by atoms with Gasteiger partial charge in [0.25, 0.3) is 5.91 Å². The molecule has 9 heteroatoms. The van der Waals surface area contributed by atoms with Crippen molar-refractivity contribution in [2.75, 3.05) is 25.5 Å². The van der Waals surface area contributed by atoms with Crippen LogP contribution in [-0.2, 0) is 10.0 Å². The van der Waals surface area contributed by atoms with Crippen LogP contribution >= 0.6 is 11.3 Å². The molecule has 33 heavy (non-hydrogen) atoms.